The number of carbonyl (C=O) groups is 1. The Bertz CT molecular complexity index is 662. The Balaban J connectivity index is 2.32. The average molecular weight is 305 g/mol. The summed E-state index contributed by atoms with van der Waals surface area (Å²) >= 11 is 6.03. The molecule has 1 N–H and O–H groups in total. The Morgan fingerprint density at radius 2 is 1.71 bits per heavy atom. The first-order valence-corrected chi connectivity index (χ1v) is 6.86. The lowest BCUT2D eigenvalue weighted by atomic mass is 10.2. The number of rotatable bonds is 3. The molecule has 2 rings (SSSR count). The Morgan fingerprint density at radius 3 is 2.24 bits per heavy atom. The predicted molar refractivity (Wildman–Crippen MR) is 85.2 cm³/mol. The molecule has 6 heteroatoms. The van der Waals surface area contributed by atoms with Gasteiger partial charge in [-0.2, -0.15) is 0 Å². The molecule has 5 nitrogen and oxygen atoms in total. The number of nitrogens with zero attached hydrogens (tertiary/aromatic N) is 3. The molecule has 0 atom stereocenters. The van der Waals surface area contributed by atoms with Crippen molar-refractivity contribution in [2.45, 2.75) is 13.8 Å². The summed E-state index contributed by atoms with van der Waals surface area (Å²) in [5, 5.41) is 3.25. The van der Waals surface area contributed by atoms with Gasteiger partial charge in [-0.25, -0.2) is 9.97 Å². The first-order chi connectivity index (χ1) is 9.90. The van der Waals surface area contributed by atoms with Gasteiger partial charge in [0.25, 0.3) is 5.91 Å². The standard InChI is InChI=1S/C15H17ClN4O/c1-9-13(10(2)18-15(17-9)20(3)4)19-14(21)11-7-5-6-8-12(11)16/h5-8H,1-4H3,(H,19,21). The van der Waals surface area contributed by atoms with E-state index in [0.717, 1.165) is 0 Å². The fourth-order valence-corrected chi connectivity index (χ4v) is 2.13. The zero-order chi connectivity index (χ0) is 15.6. The second-order valence-corrected chi connectivity index (χ2v) is 5.31. The minimum atomic E-state index is -0.270. The molecule has 1 aromatic heterocycles. The van der Waals surface area contributed by atoms with Crippen LogP contribution in [0.4, 0.5) is 11.6 Å². The third kappa shape index (κ3) is 3.31. The van der Waals surface area contributed by atoms with Crippen LogP contribution < -0.4 is 10.2 Å². The van der Waals surface area contributed by atoms with Gasteiger partial charge in [-0.3, -0.25) is 4.79 Å². The minimum Gasteiger partial charge on any atom is -0.347 e. The molecule has 0 spiro atoms. The SMILES string of the molecule is Cc1nc(N(C)C)nc(C)c1NC(=O)c1ccccc1Cl. The van der Waals surface area contributed by atoms with Crippen LogP contribution in [0.1, 0.15) is 21.7 Å². The van der Waals surface area contributed by atoms with Crippen molar-refractivity contribution in [3.8, 4) is 0 Å². The van der Waals surface area contributed by atoms with Crippen LogP contribution in [0, 0.1) is 13.8 Å². The molecular weight excluding hydrogens is 288 g/mol. The summed E-state index contributed by atoms with van der Waals surface area (Å²) in [4.78, 5) is 22.9. The number of halogens is 1. The highest BCUT2D eigenvalue weighted by Crippen LogP contribution is 2.22. The molecule has 1 aromatic carbocycles. The Labute approximate surface area is 129 Å². The molecule has 1 amide bonds. The van der Waals surface area contributed by atoms with Gasteiger partial charge in [0.2, 0.25) is 5.95 Å². The maximum Gasteiger partial charge on any atom is 0.257 e. The van der Waals surface area contributed by atoms with Gasteiger partial charge in [0.1, 0.15) is 0 Å². The highest BCUT2D eigenvalue weighted by Gasteiger charge is 2.15. The molecule has 2 aromatic rings. The van der Waals surface area contributed by atoms with Crippen molar-refractivity contribution in [2.24, 2.45) is 0 Å². The van der Waals surface area contributed by atoms with E-state index in [1.807, 2.05) is 32.8 Å². The smallest absolute Gasteiger partial charge is 0.257 e. The molecule has 0 bridgehead atoms. The van der Waals surface area contributed by atoms with Crippen molar-refractivity contribution in [2.75, 3.05) is 24.3 Å². The third-order valence-electron chi connectivity index (χ3n) is 3.02. The number of hydrogen-bond donors (Lipinski definition) is 1. The fourth-order valence-electron chi connectivity index (χ4n) is 1.91. The average Bonchev–Trinajstić information content (AvgIpc) is 2.42. The van der Waals surface area contributed by atoms with Crippen LogP contribution in [0.15, 0.2) is 24.3 Å². The van der Waals surface area contributed by atoms with Gasteiger partial charge >= 0.3 is 0 Å². The molecule has 0 unspecified atom stereocenters. The number of nitrogens with one attached hydrogen (secondary N) is 1. The zero-order valence-electron chi connectivity index (χ0n) is 12.4. The predicted octanol–water partition coefficient (Wildman–Crippen LogP) is 3.07. The van der Waals surface area contributed by atoms with E-state index in [4.69, 9.17) is 11.6 Å². The molecule has 1 heterocycles. The Morgan fingerprint density at radius 1 is 1.14 bits per heavy atom. The molecular formula is C15H17ClN4O. The first kappa shape index (κ1) is 15.3. The van der Waals surface area contributed by atoms with E-state index in [2.05, 4.69) is 15.3 Å². The summed E-state index contributed by atoms with van der Waals surface area (Å²) in [6.45, 7) is 3.67. The molecule has 0 saturated heterocycles. The van der Waals surface area contributed by atoms with Crippen LogP contribution in [0.3, 0.4) is 0 Å². The molecule has 0 radical (unpaired) electrons. The molecule has 0 aliphatic carbocycles. The van der Waals surface area contributed by atoms with Crippen molar-refractivity contribution in [1.29, 1.82) is 0 Å². The number of aryl methyl sites for hydroxylation is 2. The van der Waals surface area contributed by atoms with Crippen LogP contribution >= 0.6 is 11.6 Å². The summed E-state index contributed by atoms with van der Waals surface area (Å²) in [6.07, 6.45) is 0. The number of aromatic nitrogens is 2. The summed E-state index contributed by atoms with van der Waals surface area (Å²) in [6, 6.07) is 6.91. The molecule has 110 valence electrons. The summed E-state index contributed by atoms with van der Waals surface area (Å²) in [5.74, 6) is 0.341. The molecule has 0 fully saturated rings. The second kappa shape index (κ2) is 6.10. The van der Waals surface area contributed by atoms with Gasteiger partial charge in [0, 0.05) is 14.1 Å². The van der Waals surface area contributed by atoms with E-state index in [1.54, 1.807) is 24.3 Å². The Hall–Kier alpha value is -2.14. The van der Waals surface area contributed by atoms with Gasteiger partial charge < -0.3 is 10.2 Å². The highest BCUT2D eigenvalue weighted by molar-refractivity contribution is 6.34. The zero-order valence-corrected chi connectivity index (χ0v) is 13.2. The lowest BCUT2D eigenvalue weighted by Crippen LogP contribution is -2.18. The summed E-state index contributed by atoms with van der Waals surface area (Å²) in [7, 11) is 3.74. The Kier molecular flexibility index (Phi) is 4.43. The largest absolute Gasteiger partial charge is 0.347 e. The highest BCUT2D eigenvalue weighted by atomic mass is 35.5. The van der Waals surface area contributed by atoms with Gasteiger partial charge in [-0.1, -0.05) is 23.7 Å². The monoisotopic (exact) mass is 304 g/mol. The van der Waals surface area contributed by atoms with E-state index in [0.29, 0.717) is 33.6 Å². The first-order valence-electron chi connectivity index (χ1n) is 6.48. The minimum absolute atomic E-state index is 0.270. The lowest BCUT2D eigenvalue weighted by molar-refractivity contribution is 0.102. The third-order valence-corrected chi connectivity index (χ3v) is 3.35. The molecule has 0 saturated carbocycles. The van der Waals surface area contributed by atoms with Crippen molar-refractivity contribution in [3.05, 3.63) is 46.2 Å². The van der Waals surface area contributed by atoms with E-state index < -0.39 is 0 Å². The summed E-state index contributed by atoms with van der Waals surface area (Å²) in [5.41, 5.74) is 2.47. The van der Waals surface area contributed by atoms with E-state index in [1.165, 1.54) is 0 Å². The molecule has 0 aliphatic rings. The number of carbonyl (C=O) groups excluding carboxylic acids is 1. The van der Waals surface area contributed by atoms with Gasteiger partial charge in [-0.05, 0) is 26.0 Å². The maximum absolute atomic E-state index is 12.3. The lowest BCUT2D eigenvalue weighted by Gasteiger charge is -2.16. The van der Waals surface area contributed by atoms with E-state index in [9.17, 15) is 4.79 Å². The fraction of sp³-hybridized carbons (Fsp3) is 0.267. The topological polar surface area (TPSA) is 58.1 Å². The van der Waals surface area contributed by atoms with Crippen LogP contribution in [0.2, 0.25) is 5.02 Å². The number of amides is 1. The second-order valence-electron chi connectivity index (χ2n) is 4.90. The van der Waals surface area contributed by atoms with E-state index in [-0.39, 0.29) is 5.91 Å². The maximum atomic E-state index is 12.3. The molecule has 0 aliphatic heterocycles. The van der Waals surface area contributed by atoms with Crippen LogP contribution in [-0.4, -0.2) is 30.0 Å². The molecule has 21 heavy (non-hydrogen) atoms. The van der Waals surface area contributed by atoms with Crippen molar-refractivity contribution < 1.29 is 4.79 Å². The van der Waals surface area contributed by atoms with E-state index >= 15 is 0 Å². The van der Waals surface area contributed by atoms with Crippen LogP contribution in [0.25, 0.3) is 0 Å². The quantitative estimate of drug-likeness (QED) is 0.947. The van der Waals surface area contributed by atoms with Crippen LogP contribution in [-0.2, 0) is 0 Å². The van der Waals surface area contributed by atoms with Crippen molar-refractivity contribution in [1.82, 2.24) is 9.97 Å². The van der Waals surface area contributed by atoms with Crippen molar-refractivity contribution in [3.63, 3.8) is 0 Å². The number of hydrogen-bond acceptors (Lipinski definition) is 4. The van der Waals surface area contributed by atoms with Crippen molar-refractivity contribution >= 4 is 29.1 Å². The summed E-state index contributed by atoms with van der Waals surface area (Å²) < 4.78 is 0. The number of benzene rings is 1. The van der Waals surface area contributed by atoms with Crippen LogP contribution in [0.5, 0.6) is 0 Å². The number of anilines is 2. The normalized spacial score (nSPS) is 10.3. The van der Waals surface area contributed by atoms with Gasteiger partial charge in [0.05, 0.1) is 27.7 Å². The van der Waals surface area contributed by atoms with Gasteiger partial charge in [0.15, 0.2) is 0 Å². The van der Waals surface area contributed by atoms with Gasteiger partial charge in [-0.15, -0.1) is 0 Å².